The Morgan fingerprint density at radius 2 is 2.00 bits per heavy atom. The predicted octanol–water partition coefficient (Wildman–Crippen LogP) is 2.76. The third-order valence-corrected chi connectivity index (χ3v) is 6.98. The second kappa shape index (κ2) is 7.64. The van der Waals surface area contributed by atoms with Crippen molar-refractivity contribution in [1.82, 2.24) is 19.4 Å². The second-order valence-electron chi connectivity index (χ2n) is 8.66. The van der Waals surface area contributed by atoms with Crippen molar-refractivity contribution in [1.29, 1.82) is 0 Å². The summed E-state index contributed by atoms with van der Waals surface area (Å²) in [7, 11) is 0. The molecule has 3 heterocycles. The summed E-state index contributed by atoms with van der Waals surface area (Å²) in [5, 5.41) is 0. The van der Waals surface area contributed by atoms with Gasteiger partial charge in [-0.25, -0.2) is 4.98 Å². The fourth-order valence-electron chi connectivity index (χ4n) is 5.32. The van der Waals surface area contributed by atoms with Gasteiger partial charge >= 0.3 is 0 Å². The number of amides is 2. The number of likely N-dealkylation sites (tertiary alicyclic amines) is 2. The molecule has 0 radical (unpaired) electrons. The van der Waals surface area contributed by atoms with Crippen LogP contribution in [0.3, 0.4) is 0 Å². The molecule has 27 heavy (non-hydrogen) atoms. The Morgan fingerprint density at radius 1 is 1.19 bits per heavy atom. The third-order valence-electron chi connectivity index (χ3n) is 6.98. The van der Waals surface area contributed by atoms with Gasteiger partial charge in [-0.2, -0.15) is 0 Å². The Hall–Kier alpha value is -1.85. The van der Waals surface area contributed by atoms with Crippen LogP contribution in [0.15, 0.2) is 12.4 Å². The summed E-state index contributed by atoms with van der Waals surface area (Å²) in [6, 6.07) is 0.442. The van der Waals surface area contributed by atoms with E-state index < -0.39 is 0 Å². The van der Waals surface area contributed by atoms with Gasteiger partial charge in [-0.3, -0.25) is 9.59 Å². The quantitative estimate of drug-likeness (QED) is 0.817. The topological polar surface area (TPSA) is 58.4 Å². The summed E-state index contributed by atoms with van der Waals surface area (Å²) < 4.78 is 2.01. The molecule has 0 aromatic carbocycles. The largest absolute Gasteiger partial charge is 0.342 e. The molecule has 3 aliphatic rings. The van der Waals surface area contributed by atoms with E-state index in [1.165, 1.54) is 19.3 Å². The van der Waals surface area contributed by atoms with Crippen molar-refractivity contribution < 1.29 is 9.59 Å². The third kappa shape index (κ3) is 3.63. The molecule has 1 saturated carbocycles. The summed E-state index contributed by atoms with van der Waals surface area (Å²) >= 11 is 0. The van der Waals surface area contributed by atoms with Crippen LogP contribution in [0.2, 0.25) is 0 Å². The zero-order valence-electron chi connectivity index (χ0n) is 16.5. The summed E-state index contributed by atoms with van der Waals surface area (Å²) in [6.45, 7) is 4.88. The van der Waals surface area contributed by atoms with Crippen LogP contribution in [0.4, 0.5) is 0 Å². The Morgan fingerprint density at radius 3 is 2.74 bits per heavy atom. The minimum absolute atomic E-state index is 0.169. The van der Waals surface area contributed by atoms with Crippen LogP contribution in [0.5, 0.6) is 0 Å². The van der Waals surface area contributed by atoms with E-state index in [0.29, 0.717) is 31.5 Å². The molecule has 1 aromatic rings. The maximum Gasteiger partial charge on any atom is 0.230 e. The van der Waals surface area contributed by atoms with E-state index in [0.717, 1.165) is 51.0 Å². The second-order valence-corrected chi connectivity index (χ2v) is 8.66. The summed E-state index contributed by atoms with van der Waals surface area (Å²) in [5.74, 6) is 1.44. The van der Waals surface area contributed by atoms with E-state index in [1.54, 1.807) is 6.20 Å². The molecule has 3 fully saturated rings. The first-order valence-electron chi connectivity index (χ1n) is 10.7. The van der Waals surface area contributed by atoms with E-state index >= 15 is 0 Å². The number of rotatable bonds is 4. The number of nitrogens with zero attached hydrogens (tertiary/aromatic N) is 4. The van der Waals surface area contributed by atoms with Crippen molar-refractivity contribution >= 4 is 11.8 Å². The number of carbonyl (C=O) groups is 2. The minimum Gasteiger partial charge on any atom is -0.342 e. The molecule has 0 bridgehead atoms. The van der Waals surface area contributed by atoms with Gasteiger partial charge < -0.3 is 14.4 Å². The molecule has 6 nitrogen and oxygen atoms in total. The van der Waals surface area contributed by atoms with Crippen molar-refractivity contribution in [3.63, 3.8) is 0 Å². The number of imidazole rings is 1. The van der Waals surface area contributed by atoms with Gasteiger partial charge in [0.05, 0.1) is 5.41 Å². The van der Waals surface area contributed by atoms with E-state index in [4.69, 9.17) is 0 Å². The van der Waals surface area contributed by atoms with Crippen molar-refractivity contribution in [2.75, 3.05) is 19.6 Å². The van der Waals surface area contributed by atoms with Crippen LogP contribution in [-0.4, -0.2) is 56.8 Å². The highest BCUT2D eigenvalue weighted by molar-refractivity contribution is 5.86. The molecule has 2 amide bonds. The molecule has 4 rings (SSSR count). The van der Waals surface area contributed by atoms with E-state index in [9.17, 15) is 9.59 Å². The Labute approximate surface area is 161 Å². The molecule has 6 heteroatoms. The zero-order chi connectivity index (χ0) is 18.9. The molecular weight excluding hydrogens is 340 g/mol. The molecule has 1 aliphatic carbocycles. The smallest absolute Gasteiger partial charge is 0.230 e. The van der Waals surface area contributed by atoms with Gasteiger partial charge in [-0.1, -0.05) is 19.3 Å². The van der Waals surface area contributed by atoms with Gasteiger partial charge in [0.15, 0.2) is 0 Å². The Balaban J connectivity index is 1.37. The van der Waals surface area contributed by atoms with Crippen molar-refractivity contribution in [2.45, 2.75) is 77.3 Å². The summed E-state index contributed by atoms with van der Waals surface area (Å²) in [4.78, 5) is 34.5. The molecule has 148 valence electrons. The number of hydrogen-bond donors (Lipinski definition) is 0. The summed E-state index contributed by atoms with van der Waals surface area (Å²) in [5.41, 5.74) is -0.309. The van der Waals surface area contributed by atoms with Crippen LogP contribution >= 0.6 is 0 Å². The highest BCUT2D eigenvalue weighted by atomic mass is 16.2. The molecule has 2 saturated heterocycles. The molecule has 1 spiro atoms. The highest BCUT2D eigenvalue weighted by Gasteiger charge is 2.50. The fraction of sp³-hybridized carbons (Fsp3) is 0.762. The number of hydrogen-bond acceptors (Lipinski definition) is 3. The van der Waals surface area contributed by atoms with Crippen molar-refractivity contribution in [3.05, 3.63) is 18.2 Å². The predicted molar refractivity (Wildman–Crippen MR) is 103 cm³/mol. The average Bonchev–Trinajstić information content (AvgIpc) is 3.30. The first-order chi connectivity index (χ1) is 13.1. The number of aromatic nitrogens is 2. The van der Waals surface area contributed by atoms with Gasteiger partial charge in [-0.15, -0.1) is 0 Å². The van der Waals surface area contributed by atoms with E-state index in [1.807, 2.05) is 22.6 Å². The maximum atomic E-state index is 13.4. The molecule has 0 N–H and O–H groups in total. The van der Waals surface area contributed by atoms with Gasteiger partial charge in [0.2, 0.25) is 11.8 Å². The number of carbonyl (C=O) groups excluding carboxylic acids is 2. The fourth-order valence-corrected chi connectivity index (χ4v) is 5.32. The van der Waals surface area contributed by atoms with Gasteiger partial charge in [0, 0.05) is 51.0 Å². The van der Waals surface area contributed by atoms with Gasteiger partial charge in [0.1, 0.15) is 5.82 Å². The van der Waals surface area contributed by atoms with Crippen LogP contribution in [-0.2, 0) is 16.1 Å². The molecule has 2 aliphatic heterocycles. The number of piperidine rings is 1. The lowest BCUT2D eigenvalue weighted by atomic mass is 9.77. The first kappa shape index (κ1) is 18.5. The average molecular weight is 373 g/mol. The van der Waals surface area contributed by atoms with Gasteiger partial charge in [-0.05, 0) is 39.0 Å². The normalized spacial score (nSPS) is 26.9. The SMILES string of the molecule is Cc1nccn1CCC(=O)N1CC[C@@]2(CCCN(C3CCCCC3)C2=O)C1. The molecule has 1 atom stereocenters. The van der Waals surface area contributed by atoms with Crippen molar-refractivity contribution in [3.8, 4) is 0 Å². The first-order valence-corrected chi connectivity index (χ1v) is 10.7. The molecular formula is C21H32N4O2. The Bertz CT molecular complexity index is 694. The number of aryl methyl sites for hydroxylation is 2. The van der Waals surface area contributed by atoms with E-state index in [2.05, 4.69) is 9.88 Å². The summed E-state index contributed by atoms with van der Waals surface area (Å²) in [6.07, 6.45) is 13.2. The zero-order valence-corrected chi connectivity index (χ0v) is 16.5. The molecule has 1 aromatic heterocycles. The van der Waals surface area contributed by atoms with Crippen molar-refractivity contribution in [2.24, 2.45) is 5.41 Å². The van der Waals surface area contributed by atoms with E-state index in [-0.39, 0.29) is 11.3 Å². The lowest BCUT2D eigenvalue weighted by Gasteiger charge is -2.44. The lowest BCUT2D eigenvalue weighted by molar-refractivity contribution is -0.149. The molecule has 0 unspecified atom stereocenters. The Kier molecular flexibility index (Phi) is 5.24. The monoisotopic (exact) mass is 372 g/mol. The maximum absolute atomic E-state index is 13.4. The van der Waals surface area contributed by atoms with Crippen LogP contribution in [0.1, 0.15) is 63.6 Å². The minimum atomic E-state index is -0.309. The van der Waals surface area contributed by atoms with Gasteiger partial charge in [0.25, 0.3) is 0 Å². The lowest BCUT2D eigenvalue weighted by Crippen LogP contribution is -2.54. The van der Waals surface area contributed by atoms with Crippen LogP contribution in [0, 0.1) is 12.3 Å². The highest BCUT2D eigenvalue weighted by Crippen LogP contribution is 2.42. The van der Waals surface area contributed by atoms with Crippen LogP contribution < -0.4 is 0 Å². The standard InChI is InChI=1S/C21H32N4O2/c1-17-22-11-15-23(17)13-8-19(26)24-14-10-21(16-24)9-5-12-25(20(21)27)18-6-3-2-4-7-18/h11,15,18H,2-10,12-14,16H2,1H3/t21-/m0/s1. The van der Waals surface area contributed by atoms with Crippen LogP contribution in [0.25, 0.3) is 0 Å².